The Morgan fingerprint density at radius 2 is 1.33 bits per heavy atom. The normalized spacial score (nSPS) is 4.50. The van der Waals surface area contributed by atoms with Crippen molar-refractivity contribution in [2.45, 2.75) is 0 Å². The van der Waals surface area contributed by atoms with Crippen molar-refractivity contribution < 1.29 is 17.9 Å². The van der Waals surface area contributed by atoms with Gasteiger partial charge >= 0.3 is 29.2 Å². The van der Waals surface area contributed by atoms with E-state index < -0.39 is 9.17 Å². The molecule has 0 aromatic heterocycles. The van der Waals surface area contributed by atoms with Crippen molar-refractivity contribution in [1.82, 2.24) is 0 Å². The molecule has 0 aliphatic heterocycles. The van der Waals surface area contributed by atoms with Crippen molar-refractivity contribution in [3.8, 4) is 0 Å². The molecule has 0 unspecified atom stereocenters. The maximum atomic E-state index is 8.74. The maximum absolute atomic E-state index is 8.74. The third kappa shape index (κ3) is 13400. The van der Waals surface area contributed by atoms with E-state index in [2.05, 4.69) is 0 Å². The average Bonchev–Trinajstić information content (AvgIpc) is 1.41. The molecule has 0 rings (SSSR count). The quantitative estimate of drug-likeness (QED) is 0.352. The molecule has 0 aliphatic rings. The van der Waals surface area contributed by atoms with Crippen molar-refractivity contribution >= 4 is 25.4 Å². The van der Waals surface area contributed by atoms with Crippen LogP contribution in [0.4, 0.5) is 0 Å². The first-order valence-electron chi connectivity index (χ1n) is 0.940. The number of hydrogen-bond acceptors (Lipinski definition) is 2. The summed E-state index contributed by atoms with van der Waals surface area (Å²) in [6, 6.07) is 0. The van der Waals surface area contributed by atoms with Gasteiger partial charge in [-0.05, 0) is 0 Å². The Labute approximate surface area is 44.0 Å². The van der Waals surface area contributed by atoms with E-state index in [9.17, 15) is 0 Å². The van der Waals surface area contributed by atoms with Crippen LogP contribution in [-0.2, 0) is 8.27 Å². The van der Waals surface area contributed by atoms with E-state index in [1.807, 2.05) is 0 Å². The molecule has 0 amide bonds. The molecule has 0 saturated carbocycles. The summed E-state index contributed by atoms with van der Waals surface area (Å²) in [5.41, 5.74) is 0. The first-order chi connectivity index (χ1) is 2.73. The van der Waals surface area contributed by atoms with Gasteiger partial charge in [-0.15, -0.1) is 0 Å². The summed E-state index contributed by atoms with van der Waals surface area (Å²) in [5, 5.41) is 0. The molecule has 6 heavy (non-hydrogen) atoms. The Morgan fingerprint density at radius 3 is 1.33 bits per heavy atom. The van der Waals surface area contributed by atoms with Gasteiger partial charge in [0, 0.05) is 0 Å². The third-order valence-corrected chi connectivity index (χ3v) is 0. The minimum absolute atomic E-state index is 0.611. The monoisotopic (exact) mass is 122 g/mol. The Kier molecular flexibility index (Phi) is 13.8. The van der Waals surface area contributed by atoms with Gasteiger partial charge in [-0.1, -0.05) is 0 Å². The standard InChI is InChI=1S/Al.H2O3Si.O.H/c;1-4(2)3;;/h;1-2H;;. The van der Waals surface area contributed by atoms with Gasteiger partial charge in [-0.3, -0.25) is 4.46 Å². The molecule has 4 nitrogen and oxygen atoms in total. The van der Waals surface area contributed by atoms with Crippen LogP contribution >= 0.6 is 0 Å². The summed E-state index contributed by atoms with van der Waals surface area (Å²) < 4.78 is 17.0. The van der Waals surface area contributed by atoms with Crippen molar-refractivity contribution in [2.24, 2.45) is 0 Å². The van der Waals surface area contributed by atoms with Crippen LogP contribution in [0.1, 0.15) is 0 Å². The Bertz CT molecular complexity index is 38.8. The van der Waals surface area contributed by atoms with Gasteiger partial charge in [0.2, 0.25) is 0 Å². The molecule has 0 aromatic rings. The Hall–Kier alpha value is -0.0506. The predicted molar refractivity (Wildman–Crippen MR) is 18.7 cm³/mol. The van der Waals surface area contributed by atoms with Gasteiger partial charge in [-0.25, -0.2) is 0 Å². The van der Waals surface area contributed by atoms with Crippen LogP contribution in [0.25, 0.3) is 0 Å². The van der Waals surface area contributed by atoms with E-state index >= 15 is 0 Å². The molecular weight excluding hydrogens is 119 g/mol. The zero-order valence-corrected chi connectivity index (χ0v) is 5.33. The summed E-state index contributed by atoms with van der Waals surface area (Å²) in [6.07, 6.45) is 0. The molecule has 34 valence electrons. The first kappa shape index (κ1) is 9.34. The van der Waals surface area contributed by atoms with Crippen molar-refractivity contribution in [3.63, 3.8) is 0 Å². The van der Waals surface area contributed by atoms with Gasteiger partial charge in [0.25, 0.3) is 0 Å². The van der Waals surface area contributed by atoms with Crippen LogP contribution in [0, 0.1) is 0 Å². The van der Waals surface area contributed by atoms with E-state index in [1.165, 1.54) is 0 Å². The second-order valence-electron chi connectivity index (χ2n) is 0.283. The second-order valence-corrected chi connectivity index (χ2v) is 0.848. The molecule has 0 heterocycles. The van der Waals surface area contributed by atoms with Crippen molar-refractivity contribution in [3.05, 3.63) is 0 Å². The van der Waals surface area contributed by atoms with E-state index in [1.54, 1.807) is 0 Å². The molecule has 0 atom stereocenters. The molecule has 0 saturated heterocycles. The van der Waals surface area contributed by atoms with Crippen LogP contribution in [0.5, 0.6) is 0 Å². The molecular formula is H3AlO4Si. The summed E-state index contributed by atoms with van der Waals surface area (Å²) in [4.78, 5) is 14.3. The molecule has 0 spiro atoms. The molecule has 6 heteroatoms. The van der Waals surface area contributed by atoms with Crippen LogP contribution in [0.15, 0.2) is 0 Å². The van der Waals surface area contributed by atoms with Crippen LogP contribution < -0.4 is 0 Å². The average molecular weight is 122 g/mol. The van der Waals surface area contributed by atoms with Gasteiger partial charge in [0.15, 0.2) is 0 Å². The number of rotatable bonds is 0. The second kappa shape index (κ2) is 8.87. The SMILES string of the molecule is O=[Si](O)O.[O]=[AlH]. The summed E-state index contributed by atoms with van der Waals surface area (Å²) in [7, 11) is -3.13. The minimum atomic E-state index is -3.13. The van der Waals surface area contributed by atoms with E-state index in [-0.39, 0.29) is 0 Å². The first-order valence-corrected chi connectivity index (χ1v) is 2.82. The van der Waals surface area contributed by atoms with Crippen molar-refractivity contribution in [2.75, 3.05) is 0 Å². The van der Waals surface area contributed by atoms with Gasteiger partial charge in [0.1, 0.15) is 0 Å². The Balaban J connectivity index is 0. The Morgan fingerprint density at radius 1 is 1.33 bits per heavy atom. The van der Waals surface area contributed by atoms with Gasteiger partial charge in [0.05, 0.1) is 0 Å². The van der Waals surface area contributed by atoms with E-state index in [4.69, 9.17) is 17.9 Å². The zero-order valence-electron chi connectivity index (χ0n) is 2.92. The number of hydrogen-bond donors (Lipinski definition) is 2. The van der Waals surface area contributed by atoms with Gasteiger partial charge in [-0.2, -0.15) is 0 Å². The summed E-state index contributed by atoms with van der Waals surface area (Å²) >= 11 is 0.611. The van der Waals surface area contributed by atoms with Crippen LogP contribution in [-0.4, -0.2) is 35.0 Å². The fourth-order valence-corrected chi connectivity index (χ4v) is 0. The van der Waals surface area contributed by atoms with Crippen LogP contribution in [0.3, 0.4) is 0 Å². The fraction of sp³-hybridized carbons (Fsp3) is 0. The molecule has 0 aromatic carbocycles. The summed E-state index contributed by atoms with van der Waals surface area (Å²) in [5.74, 6) is 0. The zero-order chi connectivity index (χ0) is 5.58. The van der Waals surface area contributed by atoms with Crippen molar-refractivity contribution in [1.29, 1.82) is 0 Å². The van der Waals surface area contributed by atoms with E-state index in [0.29, 0.717) is 16.2 Å². The molecule has 0 aliphatic carbocycles. The van der Waals surface area contributed by atoms with Crippen LogP contribution in [0.2, 0.25) is 0 Å². The predicted octanol–water partition coefficient (Wildman–Crippen LogP) is -2.38. The topological polar surface area (TPSA) is 74.6 Å². The summed E-state index contributed by atoms with van der Waals surface area (Å²) in [6.45, 7) is 0. The van der Waals surface area contributed by atoms with Gasteiger partial charge < -0.3 is 9.59 Å². The third-order valence-electron chi connectivity index (χ3n) is 0. The molecule has 0 bridgehead atoms. The molecule has 0 radical (unpaired) electrons. The fourth-order valence-electron chi connectivity index (χ4n) is 0. The molecule has 2 N–H and O–H groups in total. The van der Waals surface area contributed by atoms with E-state index in [0.717, 1.165) is 0 Å². The molecule has 0 fully saturated rings.